The molecule has 26 heavy (non-hydrogen) atoms. The molecule has 1 aromatic heterocycles. The number of primary sulfonamides is 1. The number of sulfonamides is 1. The van der Waals surface area contributed by atoms with Crippen molar-refractivity contribution in [3.63, 3.8) is 0 Å². The first kappa shape index (κ1) is 18.2. The number of aromatic amines is 1. The molecule has 0 aliphatic carbocycles. The number of aryl methyl sites for hydroxylation is 1. The Balaban J connectivity index is 1.46. The monoisotopic (exact) mass is 371 g/mol. The number of H-pyrrole nitrogens is 1. The van der Waals surface area contributed by atoms with Crippen LogP contribution < -0.4 is 10.5 Å². The fourth-order valence-corrected chi connectivity index (χ4v) is 3.38. The van der Waals surface area contributed by atoms with Crippen LogP contribution in [0.5, 0.6) is 0 Å². The zero-order valence-electron chi connectivity index (χ0n) is 14.2. The molecule has 0 spiro atoms. The van der Waals surface area contributed by atoms with E-state index in [0.29, 0.717) is 19.4 Å². The van der Waals surface area contributed by atoms with Crippen LogP contribution in [0.4, 0.5) is 0 Å². The Kier molecular flexibility index (Phi) is 5.39. The highest BCUT2D eigenvalue weighted by Crippen LogP contribution is 2.17. The number of hydrogen-bond donors (Lipinski definition) is 3. The standard InChI is InChI=1S/C19H21N3O3S/c20-26(24,25)16-8-5-14(6-9-16)7-10-19(23)21-12-11-15-13-22-18-4-2-1-3-17(15)18/h1-6,8-9,13,22H,7,10-12H2,(H,21,23)(H2,20,24,25). The normalized spacial score (nSPS) is 11.6. The largest absolute Gasteiger partial charge is 0.361 e. The van der Waals surface area contributed by atoms with E-state index in [2.05, 4.69) is 16.4 Å². The molecular formula is C19H21N3O3S. The second-order valence-electron chi connectivity index (χ2n) is 6.15. The number of amides is 1. The lowest BCUT2D eigenvalue weighted by Crippen LogP contribution is -2.25. The zero-order chi connectivity index (χ0) is 18.6. The van der Waals surface area contributed by atoms with Gasteiger partial charge < -0.3 is 10.3 Å². The molecule has 0 unspecified atom stereocenters. The lowest BCUT2D eigenvalue weighted by Gasteiger charge is -2.06. The van der Waals surface area contributed by atoms with Crippen LogP contribution in [0, 0.1) is 0 Å². The summed E-state index contributed by atoms with van der Waals surface area (Å²) >= 11 is 0. The lowest BCUT2D eigenvalue weighted by atomic mass is 10.1. The molecule has 3 aromatic rings. The molecule has 1 heterocycles. The Morgan fingerprint density at radius 1 is 1.04 bits per heavy atom. The van der Waals surface area contributed by atoms with Gasteiger partial charge in [-0.15, -0.1) is 0 Å². The third-order valence-electron chi connectivity index (χ3n) is 4.28. The maximum atomic E-state index is 12.0. The van der Waals surface area contributed by atoms with Crippen molar-refractivity contribution in [1.29, 1.82) is 0 Å². The molecule has 0 fully saturated rings. The van der Waals surface area contributed by atoms with E-state index in [1.165, 1.54) is 23.1 Å². The van der Waals surface area contributed by atoms with Crippen molar-refractivity contribution < 1.29 is 13.2 Å². The number of hydrogen-bond acceptors (Lipinski definition) is 3. The molecule has 7 heteroatoms. The van der Waals surface area contributed by atoms with Crippen molar-refractivity contribution in [3.05, 3.63) is 65.9 Å². The summed E-state index contributed by atoms with van der Waals surface area (Å²) in [5.74, 6) is -0.0274. The molecule has 0 atom stereocenters. The molecule has 0 aliphatic heterocycles. The Labute approximate surface area is 152 Å². The van der Waals surface area contributed by atoms with Crippen LogP contribution in [-0.2, 0) is 27.7 Å². The zero-order valence-corrected chi connectivity index (χ0v) is 15.1. The fraction of sp³-hybridized carbons (Fsp3) is 0.211. The van der Waals surface area contributed by atoms with E-state index in [4.69, 9.17) is 5.14 Å². The molecule has 3 rings (SSSR count). The topological polar surface area (TPSA) is 105 Å². The van der Waals surface area contributed by atoms with Crippen LogP contribution in [0.1, 0.15) is 17.5 Å². The number of rotatable bonds is 7. The van der Waals surface area contributed by atoms with E-state index in [-0.39, 0.29) is 10.8 Å². The predicted molar refractivity (Wildman–Crippen MR) is 101 cm³/mol. The number of carbonyl (C=O) groups is 1. The molecule has 0 aliphatic rings. The summed E-state index contributed by atoms with van der Waals surface area (Å²) in [6.45, 7) is 0.574. The second kappa shape index (κ2) is 7.72. The summed E-state index contributed by atoms with van der Waals surface area (Å²) in [7, 11) is -3.68. The van der Waals surface area contributed by atoms with E-state index in [1.54, 1.807) is 12.1 Å². The maximum Gasteiger partial charge on any atom is 0.238 e. The average molecular weight is 371 g/mol. The van der Waals surface area contributed by atoms with Gasteiger partial charge in [-0.25, -0.2) is 13.6 Å². The van der Waals surface area contributed by atoms with Gasteiger partial charge >= 0.3 is 0 Å². The number of para-hydroxylation sites is 1. The van der Waals surface area contributed by atoms with Gasteiger partial charge in [-0.2, -0.15) is 0 Å². The van der Waals surface area contributed by atoms with Crippen LogP contribution in [0.15, 0.2) is 59.6 Å². The van der Waals surface area contributed by atoms with E-state index >= 15 is 0 Å². The molecule has 6 nitrogen and oxygen atoms in total. The van der Waals surface area contributed by atoms with Crippen LogP contribution in [0.25, 0.3) is 10.9 Å². The van der Waals surface area contributed by atoms with Gasteiger partial charge in [-0.1, -0.05) is 30.3 Å². The van der Waals surface area contributed by atoms with Gasteiger partial charge in [0.05, 0.1) is 4.90 Å². The van der Waals surface area contributed by atoms with E-state index in [1.807, 2.05) is 24.4 Å². The second-order valence-corrected chi connectivity index (χ2v) is 7.71. The predicted octanol–water partition coefficient (Wildman–Crippen LogP) is 2.11. The van der Waals surface area contributed by atoms with Gasteiger partial charge in [0.1, 0.15) is 0 Å². The Morgan fingerprint density at radius 3 is 2.50 bits per heavy atom. The van der Waals surface area contributed by atoms with Gasteiger partial charge in [-0.05, 0) is 42.2 Å². The summed E-state index contributed by atoms with van der Waals surface area (Å²) in [6, 6.07) is 14.4. The summed E-state index contributed by atoms with van der Waals surface area (Å²) in [5, 5.41) is 9.16. The Bertz CT molecular complexity index is 1010. The van der Waals surface area contributed by atoms with E-state index < -0.39 is 10.0 Å². The first-order valence-corrected chi connectivity index (χ1v) is 9.91. The highest BCUT2D eigenvalue weighted by Gasteiger charge is 2.08. The molecule has 0 saturated carbocycles. The van der Waals surface area contributed by atoms with Crippen LogP contribution in [-0.4, -0.2) is 25.9 Å². The number of fused-ring (bicyclic) bond motifs is 1. The lowest BCUT2D eigenvalue weighted by molar-refractivity contribution is -0.121. The van der Waals surface area contributed by atoms with Crippen molar-refractivity contribution in [1.82, 2.24) is 10.3 Å². The van der Waals surface area contributed by atoms with Crippen molar-refractivity contribution in [3.8, 4) is 0 Å². The first-order chi connectivity index (χ1) is 12.4. The maximum absolute atomic E-state index is 12.0. The van der Waals surface area contributed by atoms with Gasteiger partial charge in [0.15, 0.2) is 0 Å². The minimum atomic E-state index is -3.68. The molecule has 0 saturated heterocycles. The van der Waals surface area contributed by atoms with Crippen molar-refractivity contribution in [2.24, 2.45) is 5.14 Å². The Hall–Kier alpha value is -2.64. The summed E-state index contributed by atoms with van der Waals surface area (Å²) in [4.78, 5) is 15.3. The number of aromatic nitrogens is 1. The SMILES string of the molecule is NS(=O)(=O)c1ccc(CCC(=O)NCCc2c[nH]c3ccccc23)cc1. The van der Waals surface area contributed by atoms with Crippen molar-refractivity contribution in [2.75, 3.05) is 6.54 Å². The molecule has 2 aromatic carbocycles. The smallest absolute Gasteiger partial charge is 0.238 e. The van der Waals surface area contributed by atoms with E-state index in [9.17, 15) is 13.2 Å². The van der Waals surface area contributed by atoms with Gasteiger partial charge in [0, 0.05) is 30.1 Å². The minimum Gasteiger partial charge on any atom is -0.361 e. The number of nitrogens with one attached hydrogen (secondary N) is 2. The van der Waals surface area contributed by atoms with Crippen molar-refractivity contribution in [2.45, 2.75) is 24.2 Å². The molecule has 4 N–H and O–H groups in total. The van der Waals surface area contributed by atoms with Gasteiger partial charge in [0.25, 0.3) is 0 Å². The van der Waals surface area contributed by atoms with Crippen LogP contribution in [0.3, 0.4) is 0 Å². The van der Waals surface area contributed by atoms with Gasteiger partial charge in [0.2, 0.25) is 15.9 Å². The summed E-state index contributed by atoms with van der Waals surface area (Å²) in [5.41, 5.74) is 3.17. The number of benzene rings is 2. The minimum absolute atomic E-state index is 0.0274. The summed E-state index contributed by atoms with van der Waals surface area (Å²) in [6.07, 6.45) is 3.63. The third kappa shape index (κ3) is 4.50. The highest BCUT2D eigenvalue weighted by molar-refractivity contribution is 7.89. The highest BCUT2D eigenvalue weighted by atomic mass is 32.2. The van der Waals surface area contributed by atoms with Crippen molar-refractivity contribution >= 4 is 26.8 Å². The Morgan fingerprint density at radius 2 is 1.77 bits per heavy atom. The molecular weight excluding hydrogens is 350 g/mol. The molecule has 0 bridgehead atoms. The average Bonchev–Trinajstić information content (AvgIpc) is 3.03. The summed E-state index contributed by atoms with van der Waals surface area (Å²) < 4.78 is 22.4. The first-order valence-electron chi connectivity index (χ1n) is 8.37. The molecule has 136 valence electrons. The number of nitrogens with two attached hydrogens (primary N) is 1. The fourth-order valence-electron chi connectivity index (χ4n) is 2.87. The third-order valence-corrected chi connectivity index (χ3v) is 5.21. The molecule has 0 radical (unpaired) electrons. The van der Waals surface area contributed by atoms with E-state index in [0.717, 1.165) is 17.5 Å². The van der Waals surface area contributed by atoms with Crippen LogP contribution in [0.2, 0.25) is 0 Å². The number of carbonyl (C=O) groups excluding carboxylic acids is 1. The quantitative estimate of drug-likeness (QED) is 0.592. The van der Waals surface area contributed by atoms with Crippen LogP contribution >= 0.6 is 0 Å². The molecule has 1 amide bonds. The van der Waals surface area contributed by atoms with Gasteiger partial charge in [-0.3, -0.25) is 4.79 Å².